The van der Waals surface area contributed by atoms with E-state index in [0.717, 1.165) is 11.3 Å². The van der Waals surface area contributed by atoms with Crippen LogP contribution in [0, 0.1) is 6.92 Å². The topological polar surface area (TPSA) is 44.4 Å². The lowest BCUT2D eigenvalue weighted by atomic mass is 10.1. The van der Waals surface area contributed by atoms with Crippen LogP contribution in [0.1, 0.15) is 15.9 Å². The third kappa shape index (κ3) is 3.44. The van der Waals surface area contributed by atoms with E-state index in [1.165, 1.54) is 4.90 Å². The highest BCUT2D eigenvalue weighted by Gasteiger charge is 2.31. The molecule has 4 nitrogen and oxygen atoms in total. The molecule has 1 amide bonds. The molecule has 0 aliphatic carbocycles. The number of hydrogen-bond donors (Lipinski definition) is 2. The first-order valence-corrected chi connectivity index (χ1v) is 11.7. The molecule has 3 rings (SSSR count). The van der Waals surface area contributed by atoms with Crippen molar-refractivity contribution in [3.8, 4) is 0 Å². The number of halogens is 1. The molecule has 25 heavy (non-hydrogen) atoms. The van der Waals surface area contributed by atoms with E-state index in [4.69, 9.17) is 0 Å². The number of amides is 1. The van der Waals surface area contributed by atoms with Crippen LogP contribution >= 0.6 is 0 Å². The van der Waals surface area contributed by atoms with Crippen LogP contribution in [-0.4, -0.2) is 14.1 Å². The number of nitrogens with one attached hydrogen (secondary N) is 2. The monoisotopic (exact) mass is 355 g/mol. The summed E-state index contributed by atoms with van der Waals surface area (Å²) in [5, 5.41) is 3.02. The van der Waals surface area contributed by atoms with Crippen LogP contribution in [0.5, 0.6) is 0 Å². The second-order valence-electron chi connectivity index (χ2n) is 7.18. The van der Waals surface area contributed by atoms with Gasteiger partial charge in [0.05, 0.1) is 16.9 Å². The maximum Gasteiger partial charge on any atom is 0.266 e. The van der Waals surface area contributed by atoms with Crippen molar-refractivity contribution < 1.29 is 9.18 Å². The molecule has 1 aliphatic heterocycles. The summed E-state index contributed by atoms with van der Waals surface area (Å²) in [6, 6.07) is 13.0. The molecule has 2 N–H and O–H groups in total. The average molecular weight is 355 g/mol. The van der Waals surface area contributed by atoms with E-state index >= 15 is 0 Å². The van der Waals surface area contributed by atoms with Crippen molar-refractivity contribution in [3.05, 3.63) is 65.7 Å². The Morgan fingerprint density at radius 3 is 2.52 bits per heavy atom. The smallest absolute Gasteiger partial charge is 0.266 e. The number of carbonyl (C=O) groups is 1. The Labute approximate surface area is 148 Å². The first kappa shape index (κ1) is 17.2. The van der Waals surface area contributed by atoms with E-state index in [0.29, 0.717) is 23.3 Å². The predicted molar refractivity (Wildman–Crippen MR) is 104 cm³/mol. The van der Waals surface area contributed by atoms with Crippen molar-refractivity contribution in [2.45, 2.75) is 26.6 Å². The van der Waals surface area contributed by atoms with Gasteiger partial charge in [-0.2, -0.15) is 0 Å². The van der Waals surface area contributed by atoms with Gasteiger partial charge in [-0.05, 0) is 36.8 Å². The number of rotatable bonds is 3. The second kappa shape index (κ2) is 6.37. The van der Waals surface area contributed by atoms with E-state index < -0.39 is 8.24 Å². The molecular formula is C19H22FN3OSi. The minimum absolute atomic E-state index is 0.123. The van der Waals surface area contributed by atoms with Crippen LogP contribution < -0.4 is 15.2 Å². The summed E-state index contributed by atoms with van der Waals surface area (Å²) in [4.78, 5) is 18.0. The van der Waals surface area contributed by atoms with Crippen molar-refractivity contribution in [2.24, 2.45) is 0 Å². The quantitative estimate of drug-likeness (QED) is 0.755. The summed E-state index contributed by atoms with van der Waals surface area (Å²) < 4.78 is 13.5. The van der Waals surface area contributed by atoms with Crippen LogP contribution in [0.2, 0.25) is 19.6 Å². The minimum Gasteiger partial charge on any atom is -0.411 e. The van der Waals surface area contributed by atoms with Crippen molar-refractivity contribution in [1.82, 2.24) is 0 Å². The minimum atomic E-state index is -1.54. The molecule has 0 fully saturated rings. The average Bonchev–Trinajstić information content (AvgIpc) is 2.55. The largest absolute Gasteiger partial charge is 0.411 e. The van der Waals surface area contributed by atoms with Gasteiger partial charge in [0.2, 0.25) is 0 Å². The number of fused-ring (bicyclic) bond motifs is 1. The number of aryl methyl sites for hydroxylation is 1. The van der Waals surface area contributed by atoms with Gasteiger partial charge < -0.3 is 10.3 Å². The predicted octanol–water partition coefficient (Wildman–Crippen LogP) is 5.08. The molecule has 6 heteroatoms. The number of para-hydroxylation sites is 1. The highest BCUT2D eigenvalue weighted by molar-refractivity contribution is 6.79. The zero-order chi connectivity index (χ0) is 18.2. The first-order chi connectivity index (χ1) is 11.8. The molecule has 130 valence electrons. The first-order valence-electron chi connectivity index (χ1n) is 8.20. The summed E-state index contributed by atoms with van der Waals surface area (Å²) >= 11 is 0. The van der Waals surface area contributed by atoms with Crippen molar-refractivity contribution >= 4 is 31.2 Å². The molecule has 0 saturated carbocycles. The molecule has 0 bridgehead atoms. The van der Waals surface area contributed by atoms with Crippen LogP contribution in [0.3, 0.4) is 0 Å². The number of benzene rings is 2. The van der Waals surface area contributed by atoms with Gasteiger partial charge in [0.15, 0.2) is 0 Å². The SMILES string of the molecule is Cc1ccccc1N1C(=O)c2cc(N[Si](C)(C)C)ccc2N/C1=C\F. The highest BCUT2D eigenvalue weighted by atomic mass is 28.3. The van der Waals surface area contributed by atoms with Crippen molar-refractivity contribution in [3.63, 3.8) is 0 Å². The number of hydrogen-bond acceptors (Lipinski definition) is 3. The lowest BCUT2D eigenvalue weighted by Crippen LogP contribution is -2.39. The Morgan fingerprint density at radius 1 is 1.16 bits per heavy atom. The molecule has 0 aromatic heterocycles. The van der Waals surface area contributed by atoms with Gasteiger partial charge in [0, 0.05) is 5.69 Å². The van der Waals surface area contributed by atoms with Gasteiger partial charge in [-0.25, -0.2) is 4.39 Å². The Kier molecular flexibility index (Phi) is 4.39. The zero-order valence-electron chi connectivity index (χ0n) is 14.9. The Balaban J connectivity index is 2.07. The van der Waals surface area contributed by atoms with Gasteiger partial charge in [-0.1, -0.05) is 37.8 Å². The normalized spacial score (nSPS) is 15.8. The number of nitrogens with zero attached hydrogens (tertiary/aromatic N) is 1. The molecule has 1 aliphatic rings. The second-order valence-corrected chi connectivity index (χ2v) is 11.9. The van der Waals surface area contributed by atoms with Crippen LogP contribution in [0.25, 0.3) is 0 Å². The van der Waals surface area contributed by atoms with E-state index in [9.17, 15) is 9.18 Å². The summed E-state index contributed by atoms with van der Waals surface area (Å²) in [6.07, 6.45) is 0.432. The fourth-order valence-corrected chi connectivity index (χ4v) is 3.92. The number of anilines is 3. The van der Waals surface area contributed by atoms with E-state index in [-0.39, 0.29) is 11.7 Å². The van der Waals surface area contributed by atoms with Gasteiger partial charge in [-0.3, -0.25) is 9.69 Å². The maximum absolute atomic E-state index is 13.5. The molecule has 0 unspecified atom stereocenters. The molecule has 1 heterocycles. The van der Waals surface area contributed by atoms with Gasteiger partial charge in [0.25, 0.3) is 5.91 Å². The zero-order valence-corrected chi connectivity index (χ0v) is 15.9. The summed E-state index contributed by atoms with van der Waals surface area (Å²) in [5.41, 5.74) is 3.61. The molecule has 0 saturated heterocycles. The summed E-state index contributed by atoms with van der Waals surface area (Å²) in [6.45, 7) is 8.47. The van der Waals surface area contributed by atoms with Crippen molar-refractivity contribution in [1.29, 1.82) is 0 Å². The standard InChI is InChI=1S/C19H22FN3OSi/c1-13-7-5-6-8-17(13)23-18(12-20)21-16-10-9-14(22-25(2,3)4)11-15(16)19(23)24/h5-12,21-22H,1-4H3/b18-12+. The van der Waals surface area contributed by atoms with Crippen molar-refractivity contribution in [2.75, 3.05) is 15.2 Å². The Morgan fingerprint density at radius 2 is 1.88 bits per heavy atom. The van der Waals surface area contributed by atoms with Crippen LogP contribution in [0.15, 0.2) is 54.6 Å². The summed E-state index contributed by atoms with van der Waals surface area (Å²) in [5.74, 6) is -0.121. The third-order valence-corrected chi connectivity index (χ3v) is 4.97. The lowest BCUT2D eigenvalue weighted by Gasteiger charge is -2.32. The molecular weight excluding hydrogens is 333 g/mol. The maximum atomic E-state index is 13.5. The van der Waals surface area contributed by atoms with Gasteiger partial charge >= 0.3 is 0 Å². The third-order valence-electron chi connectivity index (χ3n) is 3.94. The van der Waals surface area contributed by atoms with Crippen LogP contribution in [-0.2, 0) is 0 Å². The lowest BCUT2D eigenvalue weighted by molar-refractivity contribution is 0.0992. The number of carbonyl (C=O) groups excluding carboxylic acids is 1. The van der Waals surface area contributed by atoms with E-state index in [1.54, 1.807) is 0 Å². The van der Waals surface area contributed by atoms with Gasteiger partial charge in [0.1, 0.15) is 20.4 Å². The highest BCUT2D eigenvalue weighted by Crippen LogP contribution is 2.34. The Hall–Kier alpha value is -2.60. The fraction of sp³-hybridized carbons (Fsp3) is 0.211. The van der Waals surface area contributed by atoms with Crippen LogP contribution in [0.4, 0.5) is 21.5 Å². The molecule has 2 aromatic rings. The Bertz CT molecular complexity index is 858. The molecule has 2 aromatic carbocycles. The van der Waals surface area contributed by atoms with Gasteiger partial charge in [-0.15, -0.1) is 0 Å². The fourth-order valence-electron chi connectivity index (χ4n) is 2.89. The molecule has 0 radical (unpaired) electrons. The molecule has 0 spiro atoms. The molecule has 0 atom stereocenters. The van der Waals surface area contributed by atoms with E-state index in [1.807, 2.05) is 49.4 Å². The summed E-state index contributed by atoms with van der Waals surface area (Å²) in [7, 11) is -1.54. The van der Waals surface area contributed by atoms with E-state index in [2.05, 4.69) is 29.9 Å².